The molecule has 0 saturated carbocycles. The zero-order chi connectivity index (χ0) is 21.3. The molecule has 29 heavy (non-hydrogen) atoms. The number of ether oxygens (including phenoxy) is 3. The molecule has 1 aliphatic rings. The summed E-state index contributed by atoms with van der Waals surface area (Å²) in [4.78, 5) is 40.9. The molecule has 152 valence electrons. The third kappa shape index (κ3) is 3.49. The molecule has 8 heteroatoms. The Labute approximate surface area is 167 Å². The number of hydrogen-bond donors (Lipinski definition) is 2. The van der Waals surface area contributed by atoms with E-state index in [1.807, 2.05) is 0 Å². The number of rotatable bonds is 4. The molecule has 2 aromatic rings. The monoisotopic (exact) mass is 398 g/mol. The molecule has 1 aromatic heterocycles. The lowest BCUT2D eigenvalue weighted by Crippen LogP contribution is -2.34. The quantitative estimate of drug-likeness (QED) is 0.760. The molecule has 8 nitrogen and oxygen atoms in total. The lowest BCUT2D eigenvalue weighted by molar-refractivity contribution is -0.137. The van der Waals surface area contributed by atoms with Crippen LogP contribution in [0.5, 0.6) is 5.75 Å². The highest BCUT2D eigenvalue weighted by atomic mass is 16.5. The number of dihydropyridines is 1. The number of esters is 2. The molecule has 2 N–H and O–H groups in total. The number of fused-ring (bicyclic) bond motifs is 1. The number of methoxy groups -OCH3 is 3. The van der Waals surface area contributed by atoms with Gasteiger partial charge in [-0.1, -0.05) is 0 Å². The third-order valence-electron chi connectivity index (χ3n) is 4.96. The Kier molecular flexibility index (Phi) is 5.45. The van der Waals surface area contributed by atoms with Crippen molar-refractivity contribution < 1.29 is 23.8 Å². The van der Waals surface area contributed by atoms with Crippen LogP contribution in [-0.4, -0.2) is 38.3 Å². The summed E-state index contributed by atoms with van der Waals surface area (Å²) < 4.78 is 15.1. The molecular weight excluding hydrogens is 376 g/mol. The van der Waals surface area contributed by atoms with Crippen LogP contribution in [0.1, 0.15) is 25.3 Å². The van der Waals surface area contributed by atoms with Gasteiger partial charge in [0, 0.05) is 27.9 Å². The van der Waals surface area contributed by atoms with E-state index in [2.05, 4.69) is 10.3 Å². The molecule has 0 unspecified atom stereocenters. The molecule has 0 bridgehead atoms. The van der Waals surface area contributed by atoms with Crippen molar-refractivity contribution >= 4 is 22.8 Å². The molecular formula is C21H22N2O6. The molecule has 2 heterocycles. The Morgan fingerprint density at radius 3 is 2.03 bits per heavy atom. The van der Waals surface area contributed by atoms with Crippen LogP contribution in [0, 0.1) is 0 Å². The molecule has 0 atom stereocenters. The van der Waals surface area contributed by atoms with Crippen LogP contribution in [0.15, 0.2) is 51.6 Å². The summed E-state index contributed by atoms with van der Waals surface area (Å²) >= 11 is 0. The first-order chi connectivity index (χ1) is 13.8. The van der Waals surface area contributed by atoms with E-state index >= 15 is 0 Å². The summed E-state index contributed by atoms with van der Waals surface area (Å²) in [6.45, 7) is 3.38. The number of aromatic amines is 1. The van der Waals surface area contributed by atoms with Gasteiger partial charge in [-0.2, -0.15) is 0 Å². The Morgan fingerprint density at radius 1 is 0.931 bits per heavy atom. The molecule has 0 amide bonds. The van der Waals surface area contributed by atoms with Crippen molar-refractivity contribution in [1.29, 1.82) is 0 Å². The molecule has 1 aromatic carbocycles. The van der Waals surface area contributed by atoms with Crippen molar-refractivity contribution in [2.45, 2.75) is 19.8 Å². The fraction of sp³-hybridized carbons (Fsp3) is 0.286. The molecule has 0 fully saturated rings. The average Bonchev–Trinajstić information content (AvgIpc) is 2.71. The Morgan fingerprint density at radius 2 is 1.52 bits per heavy atom. The number of carbonyl (C=O) groups excluding carboxylic acids is 2. The molecule has 0 radical (unpaired) electrons. The minimum Gasteiger partial charge on any atom is -0.497 e. The number of carbonyl (C=O) groups is 2. The molecule has 1 aliphatic heterocycles. The molecule has 0 aliphatic carbocycles. The second-order valence-electron chi connectivity index (χ2n) is 6.63. The van der Waals surface area contributed by atoms with Crippen molar-refractivity contribution in [3.8, 4) is 5.75 Å². The third-order valence-corrected chi connectivity index (χ3v) is 4.96. The summed E-state index contributed by atoms with van der Waals surface area (Å²) in [5, 5.41) is 3.71. The van der Waals surface area contributed by atoms with Gasteiger partial charge in [0.2, 0.25) is 0 Å². The van der Waals surface area contributed by atoms with E-state index in [-0.39, 0.29) is 16.7 Å². The maximum absolute atomic E-state index is 13.0. The van der Waals surface area contributed by atoms with E-state index in [4.69, 9.17) is 14.2 Å². The first kappa shape index (κ1) is 20.2. The van der Waals surface area contributed by atoms with Crippen LogP contribution in [-0.2, 0) is 19.1 Å². The van der Waals surface area contributed by atoms with Gasteiger partial charge in [-0.25, -0.2) is 9.59 Å². The Bertz CT molecular complexity index is 1090. The first-order valence-electron chi connectivity index (χ1n) is 8.88. The molecule has 0 spiro atoms. The summed E-state index contributed by atoms with van der Waals surface area (Å²) in [7, 11) is 4.04. The van der Waals surface area contributed by atoms with E-state index in [0.29, 0.717) is 28.0 Å². The van der Waals surface area contributed by atoms with E-state index in [1.165, 1.54) is 14.2 Å². The standard InChI is InChI=1S/C21H22N2O6/c1-10-16(20(25)28-4)18(17(11(2)22-10)21(26)29-5)14-9-12-8-13(27-3)6-7-15(12)23-19(14)24/h6-9,18,22H,1-5H3,(H,23,24). The zero-order valence-corrected chi connectivity index (χ0v) is 16.8. The van der Waals surface area contributed by atoms with E-state index in [0.717, 1.165) is 0 Å². The Balaban J connectivity index is 2.33. The van der Waals surface area contributed by atoms with Crippen LogP contribution >= 0.6 is 0 Å². The normalized spacial score (nSPS) is 14.7. The minimum absolute atomic E-state index is 0.172. The highest BCUT2D eigenvalue weighted by Gasteiger charge is 2.39. The van der Waals surface area contributed by atoms with Crippen LogP contribution in [0.4, 0.5) is 0 Å². The van der Waals surface area contributed by atoms with Gasteiger partial charge in [0.05, 0.1) is 38.4 Å². The van der Waals surface area contributed by atoms with Gasteiger partial charge in [-0.15, -0.1) is 0 Å². The number of H-pyrrole nitrogens is 1. The van der Waals surface area contributed by atoms with Crippen LogP contribution in [0.3, 0.4) is 0 Å². The number of benzene rings is 1. The molecule has 3 rings (SSSR count). The van der Waals surface area contributed by atoms with Crippen molar-refractivity contribution in [1.82, 2.24) is 10.3 Å². The highest BCUT2D eigenvalue weighted by Crippen LogP contribution is 2.38. The van der Waals surface area contributed by atoms with Crippen molar-refractivity contribution in [2.24, 2.45) is 0 Å². The predicted octanol–water partition coefficient (Wildman–Crippen LogP) is 2.12. The largest absolute Gasteiger partial charge is 0.497 e. The minimum atomic E-state index is -0.949. The smallest absolute Gasteiger partial charge is 0.336 e. The van der Waals surface area contributed by atoms with Crippen LogP contribution in [0.25, 0.3) is 10.9 Å². The lowest BCUT2D eigenvalue weighted by Gasteiger charge is -2.29. The van der Waals surface area contributed by atoms with E-state index in [9.17, 15) is 14.4 Å². The second-order valence-corrected chi connectivity index (χ2v) is 6.63. The summed E-state index contributed by atoms with van der Waals surface area (Å²) in [6, 6.07) is 6.88. The number of pyridine rings is 1. The van der Waals surface area contributed by atoms with Gasteiger partial charge in [0.15, 0.2) is 0 Å². The van der Waals surface area contributed by atoms with E-state index in [1.54, 1.807) is 45.2 Å². The molecule has 0 saturated heterocycles. The van der Waals surface area contributed by atoms with Crippen molar-refractivity contribution in [3.63, 3.8) is 0 Å². The number of aromatic nitrogens is 1. The summed E-state index contributed by atoms with van der Waals surface area (Å²) in [6.07, 6.45) is 0. The summed E-state index contributed by atoms with van der Waals surface area (Å²) in [5.74, 6) is -1.62. The maximum atomic E-state index is 13.0. The van der Waals surface area contributed by atoms with Gasteiger partial charge in [-0.3, -0.25) is 4.79 Å². The Hall–Kier alpha value is -3.55. The van der Waals surface area contributed by atoms with Crippen molar-refractivity contribution in [3.05, 3.63) is 62.7 Å². The second kappa shape index (κ2) is 7.83. The number of nitrogens with one attached hydrogen (secondary N) is 2. The SMILES string of the molecule is COC(=O)C1=C(C)NC(C)=C(C(=O)OC)C1c1cc2cc(OC)ccc2[nH]c1=O. The fourth-order valence-electron chi connectivity index (χ4n) is 3.61. The van der Waals surface area contributed by atoms with Gasteiger partial charge >= 0.3 is 11.9 Å². The van der Waals surface area contributed by atoms with Gasteiger partial charge < -0.3 is 24.5 Å². The average molecular weight is 398 g/mol. The topological polar surface area (TPSA) is 107 Å². The number of allylic oxidation sites excluding steroid dienone is 2. The van der Waals surface area contributed by atoms with Gasteiger partial charge in [0.1, 0.15) is 5.75 Å². The number of hydrogen-bond acceptors (Lipinski definition) is 7. The maximum Gasteiger partial charge on any atom is 0.336 e. The van der Waals surface area contributed by atoms with Crippen LogP contribution in [0.2, 0.25) is 0 Å². The predicted molar refractivity (Wildman–Crippen MR) is 106 cm³/mol. The fourth-order valence-corrected chi connectivity index (χ4v) is 3.61. The van der Waals surface area contributed by atoms with Gasteiger partial charge in [-0.05, 0) is 38.1 Å². The highest BCUT2D eigenvalue weighted by molar-refractivity contribution is 6.00. The zero-order valence-electron chi connectivity index (χ0n) is 16.8. The summed E-state index contributed by atoms with van der Waals surface area (Å²) in [5.41, 5.74) is 1.76. The first-order valence-corrected chi connectivity index (χ1v) is 8.88. The van der Waals surface area contributed by atoms with Gasteiger partial charge in [0.25, 0.3) is 5.56 Å². The van der Waals surface area contributed by atoms with E-state index < -0.39 is 23.4 Å². The lowest BCUT2D eigenvalue weighted by atomic mass is 9.80. The van der Waals surface area contributed by atoms with Crippen LogP contribution < -0.4 is 15.6 Å². The van der Waals surface area contributed by atoms with Crippen molar-refractivity contribution in [2.75, 3.05) is 21.3 Å².